The van der Waals surface area contributed by atoms with Crippen molar-refractivity contribution in [3.63, 3.8) is 0 Å². The zero-order chi connectivity index (χ0) is 17.8. The van der Waals surface area contributed by atoms with Crippen molar-refractivity contribution in [2.45, 2.75) is 58.8 Å². The first-order chi connectivity index (χ1) is 12.1. The van der Waals surface area contributed by atoms with Crippen LogP contribution in [-0.4, -0.2) is 18.0 Å². The quantitative estimate of drug-likeness (QED) is 0.735. The van der Waals surface area contributed by atoms with Gasteiger partial charge in [0, 0.05) is 5.92 Å². The number of hydrogen-bond donors (Lipinski definition) is 1. The second-order valence-corrected chi connectivity index (χ2v) is 8.13. The van der Waals surface area contributed by atoms with E-state index in [2.05, 4.69) is 24.1 Å². The number of aryl methyl sites for hydroxylation is 1. The number of methoxy groups -OCH3 is 1. The number of hydrogen-bond acceptors (Lipinski definition) is 4. The number of anilines is 1. The molecule has 1 aliphatic rings. The van der Waals surface area contributed by atoms with E-state index in [4.69, 9.17) is 4.74 Å². The molecular weight excluding hydrogens is 332 g/mol. The van der Waals surface area contributed by atoms with E-state index in [-0.39, 0.29) is 11.8 Å². The van der Waals surface area contributed by atoms with E-state index in [1.165, 1.54) is 43.4 Å². The number of rotatable bonds is 6. The Hall–Kier alpha value is -1.62. The summed E-state index contributed by atoms with van der Waals surface area (Å²) in [7, 11) is 1.65. The summed E-state index contributed by atoms with van der Waals surface area (Å²) in [5.74, 6) is 1.84. The molecule has 0 saturated heterocycles. The van der Waals surface area contributed by atoms with Crippen molar-refractivity contribution in [2.75, 3.05) is 12.4 Å². The monoisotopic (exact) mass is 360 g/mol. The van der Waals surface area contributed by atoms with Gasteiger partial charge in [-0.3, -0.25) is 4.79 Å². The first-order valence-electron chi connectivity index (χ1n) is 9.37. The van der Waals surface area contributed by atoms with Gasteiger partial charge in [0.15, 0.2) is 5.13 Å². The minimum atomic E-state index is 0.129. The Kier molecular flexibility index (Phi) is 5.94. The van der Waals surface area contributed by atoms with Crippen molar-refractivity contribution in [2.24, 2.45) is 11.8 Å². The highest BCUT2D eigenvalue weighted by atomic mass is 32.1. The van der Waals surface area contributed by atoms with E-state index in [1.807, 2.05) is 12.1 Å². The number of carbonyl (C=O) groups excluding carboxylic acids is 1. The van der Waals surface area contributed by atoms with Crippen LogP contribution in [0.4, 0.5) is 5.13 Å². The van der Waals surface area contributed by atoms with E-state index in [9.17, 15) is 4.79 Å². The average Bonchev–Trinajstić information content (AvgIpc) is 3.05. The van der Waals surface area contributed by atoms with Crippen molar-refractivity contribution < 1.29 is 9.53 Å². The average molecular weight is 361 g/mol. The Morgan fingerprint density at radius 3 is 2.76 bits per heavy atom. The molecule has 5 heteroatoms. The molecule has 1 amide bonds. The second-order valence-electron chi connectivity index (χ2n) is 7.13. The van der Waals surface area contributed by atoms with Crippen LogP contribution in [0.15, 0.2) is 12.1 Å². The molecule has 1 aromatic carbocycles. The summed E-state index contributed by atoms with van der Waals surface area (Å²) in [5, 5.41) is 3.73. The fraction of sp³-hybridized carbons (Fsp3) is 0.600. The molecule has 0 aliphatic heterocycles. The molecule has 0 radical (unpaired) electrons. The number of carbonyl (C=O) groups is 1. The van der Waals surface area contributed by atoms with Crippen molar-refractivity contribution in [1.82, 2.24) is 4.98 Å². The summed E-state index contributed by atoms with van der Waals surface area (Å²) in [4.78, 5) is 17.2. The molecule has 136 valence electrons. The van der Waals surface area contributed by atoms with E-state index < -0.39 is 0 Å². The minimum Gasteiger partial charge on any atom is -0.494 e. The lowest BCUT2D eigenvalue weighted by Gasteiger charge is -2.27. The van der Waals surface area contributed by atoms with E-state index in [0.717, 1.165) is 40.3 Å². The van der Waals surface area contributed by atoms with Gasteiger partial charge in [-0.15, -0.1) is 0 Å². The van der Waals surface area contributed by atoms with Crippen LogP contribution in [0.3, 0.4) is 0 Å². The maximum Gasteiger partial charge on any atom is 0.229 e. The largest absolute Gasteiger partial charge is 0.494 e. The number of ether oxygens (including phenoxy) is 1. The molecule has 0 atom stereocenters. The first kappa shape index (κ1) is 18.2. The number of fused-ring (bicyclic) bond motifs is 1. The third-order valence-corrected chi connectivity index (χ3v) is 6.44. The standard InChI is InChI=1S/C20H28N2O2S/c1-4-5-6-14-8-10-15(11-9-14)19(23)22-20-21-17-16(24-3)12-7-13(2)18(17)25-20/h7,12,14-15H,4-6,8-11H2,1-3H3,(H,21,22,23). The maximum atomic E-state index is 12.6. The third-order valence-electron chi connectivity index (χ3n) is 5.34. The SMILES string of the molecule is CCCCC1CCC(C(=O)Nc2nc3c(OC)ccc(C)c3s2)CC1. The molecule has 1 saturated carbocycles. The molecule has 25 heavy (non-hydrogen) atoms. The molecular formula is C20H28N2O2S. The summed E-state index contributed by atoms with van der Waals surface area (Å²) in [6, 6.07) is 3.96. The van der Waals surface area contributed by atoms with Gasteiger partial charge in [-0.2, -0.15) is 0 Å². The van der Waals surface area contributed by atoms with Crippen molar-refractivity contribution in [3.05, 3.63) is 17.7 Å². The van der Waals surface area contributed by atoms with E-state index in [0.29, 0.717) is 5.13 Å². The molecule has 0 bridgehead atoms. The summed E-state index contributed by atoms with van der Waals surface area (Å²) < 4.78 is 6.47. The Balaban J connectivity index is 1.64. The molecule has 4 nitrogen and oxygen atoms in total. The van der Waals surface area contributed by atoms with Gasteiger partial charge in [-0.25, -0.2) is 4.98 Å². The number of nitrogens with one attached hydrogen (secondary N) is 1. The Bertz CT molecular complexity index is 733. The van der Waals surface area contributed by atoms with Crippen LogP contribution in [-0.2, 0) is 4.79 Å². The number of benzene rings is 1. The number of unbranched alkanes of at least 4 members (excludes halogenated alkanes) is 1. The molecule has 1 fully saturated rings. The van der Waals surface area contributed by atoms with Gasteiger partial charge in [0.1, 0.15) is 11.3 Å². The van der Waals surface area contributed by atoms with E-state index >= 15 is 0 Å². The highest BCUT2D eigenvalue weighted by molar-refractivity contribution is 7.22. The number of amides is 1. The summed E-state index contributed by atoms with van der Waals surface area (Å²) >= 11 is 1.53. The van der Waals surface area contributed by atoms with Crippen molar-refractivity contribution >= 4 is 32.6 Å². The Morgan fingerprint density at radius 1 is 1.32 bits per heavy atom. The number of thiazole rings is 1. The molecule has 1 aromatic heterocycles. The fourth-order valence-electron chi connectivity index (χ4n) is 3.74. The van der Waals surface area contributed by atoms with Crippen LogP contribution in [0.2, 0.25) is 0 Å². The summed E-state index contributed by atoms with van der Waals surface area (Å²) in [6.45, 7) is 4.30. The zero-order valence-electron chi connectivity index (χ0n) is 15.4. The summed E-state index contributed by atoms with van der Waals surface area (Å²) in [5.41, 5.74) is 2.00. The second kappa shape index (κ2) is 8.17. The first-order valence-corrected chi connectivity index (χ1v) is 10.2. The van der Waals surface area contributed by atoms with Gasteiger partial charge in [-0.05, 0) is 50.2 Å². The zero-order valence-corrected chi connectivity index (χ0v) is 16.2. The lowest BCUT2D eigenvalue weighted by atomic mass is 9.79. The van der Waals surface area contributed by atoms with Gasteiger partial charge in [0.25, 0.3) is 0 Å². The Labute approximate surface area is 154 Å². The maximum absolute atomic E-state index is 12.6. The fourth-order valence-corrected chi connectivity index (χ4v) is 4.70. The predicted octanol–water partition coefficient (Wildman–Crippen LogP) is 5.55. The minimum absolute atomic E-state index is 0.129. The van der Waals surface area contributed by atoms with Crippen molar-refractivity contribution in [1.29, 1.82) is 0 Å². The van der Waals surface area contributed by atoms with Gasteiger partial charge in [0.05, 0.1) is 11.8 Å². The lowest BCUT2D eigenvalue weighted by molar-refractivity contribution is -0.121. The molecule has 1 N–H and O–H groups in total. The number of nitrogens with zero attached hydrogens (tertiary/aromatic N) is 1. The molecule has 0 unspecified atom stereocenters. The topological polar surface area (TPSA) is 51.2 Å². The van der Waals surface area contributed by atoms with Gasteiger partial charge in [-0.1, -0.05) is 43.6 Å². The van der Waals surface area contributed by atoms with Gasteiger partial charge in [0.2, 0.25) is 5.91 Å². The van der Waals surface area contributed by atoms with E-state index in [1.54, 1.807) is 7.11 Å². The van der Waals surface area contributed by atoms with Crippen LogP contribution >= 0.6 is 11.3 Å². The van der Waals surface area contributed by atoms with Crippen LogP contribution in [0.5, 0.6) is 5.75 Å². The van der Waals surface area contributed by atoms with Crippen LogP contribution in [0, 0.1) is 18.8 Å². The Morgan fingerprint density at radius 2 is 2.08 bits per heavy atom. The molecule has 0 spiro atoms. The third kappa shape index (κ3) is 4.14. The van der Waals surface area contributed by atoms with Gasteiger partial charge >= 0.3 is 0 Å². The highest BCUT2D eigenvalue weighted by Gasteiger charge is 2.26. The lowest BCUT2D eigenvalue weighted by Crippen LogP contribution is -2.27. The molecule has 1 heterocycles. The number of aromatic nitrogens is 1. The molecule has 3 rings (SSSR count). The van der Waals surface area contributed by atoms with Crippen molar-refractivity contribution in [3.8, 4) is 5.75 Å². The molecule has 2 aromatic rings. The summed E-state index contributed by atoms with van der Waals surface area (Å²) in [6.07, 6.45) is 8.29. The smallest absolute Gasteiger partial charge is 0.229 e. The van der Waals surface area contributed by atoms with Crippen LogP contribution in [0.25, 0.3) is 10.2 Å². The normalized spacial score (nSPS) is 20.6. The highest BCUT2D eigenvalue weighted by Crippen LogP contribution is 2.36. The van der Waals surface area contributed by atoms with Crippen LogP contribution in [0.1, 0.15) is 57.4 Å². The molecule has 1 aliphatic carbocycles. The predicted molar refractivity (Wildman–Crippen MR) is 105 cm³/mol. The van der Waals surface area contributed by atoms with Crippen LogP contribution < -0.4 is 10.1 Å². The van der Waals surface area contributed by atoms with Gasteiger partial charge < -0.3 is 10.1 Å².